The Morgan fingerprint density at radius 1 is 0.977 bits per heavy atom. The molecule has 246 valence electrons. The fourth-order valence-electron chi connectivity index (χ4n) is 8.01. The molecule has 0 radical (unpaired) electrons. The molecule has 3 saturated carbocycles. The molecule has 43 heavy (non-hydrogen) atoms. The molecule has 3 fully saturated rings. The maximum absolute atomic E-state index is 14.3. The number of rotatable bonds is 9. The monoisotopic (exact) mass is 624 g/mol. The van der Waals surface area contributed by atoms with Crippen LogP contribution in [0.3, 0.4) is 0 Å². The lowest BCUT2D eigenvalue weighted by molar-refractivity contribution is -0.347. The minimum Gasteiger partial charge on any atom is -0.393 e. The van der Waals surface area contributed by atoms with Crippen molar-refractivity contribution in [3.05, 3.63) is 47.6 Å². The van der Waals surface area contributed by atoms with Crippen molar-refractivity contribution >= 4 is 0 Å². The van der Waals surface area contributed by atoms with Crippen LogP contribution in [0, 0.1) is 22.7 Å². The van der Waals surface area contributed by atoms with Crippen LogP contribution >= 0.6 is 0 Å². The average molecular weight is 625 g/mol. The average Bonchev–Trinajstić information content (AvgIpc) is 3.21. The Balaban J connectivity index is 1.93. The van der Waals surface area contributed by atoms with E-state index < -0.39 is 41.2 Å². The lowest BCUT2D eigenvalue weighted by Crippen LogP contribution is -2.55. The fraction of sp³-hybridized carbons (Fsp3) is 0.758. The zero-order valence-corrected chi connectivity index (χ0v) is 25.6. The molecule has 3 unspecified atom stereocenters. The first-order valence-corrected chi connectivity index (χ1v) is 15.2. The Kier molecular flexibility index (Phi) is 10.5. The molecule has 6 atom stereocenters. The largest absolute Gasteiger partial charge is 0.429 e. The summed E-state index contributed by atoms with van der Waals surface area (Å²) in [7, 11) is 0. The maximum Gasteiger partial charge on any atom is 0.429 e. The molecule has 0 aromatic carbocycles. The minimum absolute atomic E-state index is 0.0267. The van der Waals surface area contributed by atoms with Gasteiger partial charge in [-0.25, -0.2) is 4.39 Å². The summed E-state index contributed by atoms with van der Waals surface area (Å²) in [5, 5.41) is 30.0. The van der Waals surface area contributed by atoms with Gasteiger partial charge < -0.3 is 15.3 Å². The third-order valence-electron chi connectivity index (χ3n) is 10.4. The highest BCUT2D eigenvalue weighted by Crippen LogP contribution is 2.64. The molecular formula is C33H47F7O3. The second-order valence-electron chi connectivity index (χ2n) is 14.3. The summed E-state index contributed by atoms with van der Waals surface area (Å²) in [5.41, 5.74) is -4.69. The smallest absolute Gasteiger partial charge is 0.393 e. The van der Waals surface area contributed by atoms with Crippen LogP contribution in [-0.2, 0) is 0 Å². The van der Waals surface area contributed by atoms with Gasteiger partial charge in [-0.3, -0.25) is 0 Å². The zero-order chi connectivity index (χ0) is 32.6. The van der Waals surface area contributed by atoms with Gasteiger partial charge in [0, 0.05) is 6.42 Å². The number of hydrogen-bond acceptors (Lipinski definition) is 3. The molecule has 0 bridgehead atoms. The quantitative estimate of drug-likeness (QED) is 0.177. The number of allylic oxidation sites excluding steroid dienone is 5. The van der Waals surface area contributed by atoms with Crippen molar-refractivity contribution in [2.45, 2.75) is 134 Å². The molecule has 0 amide bonds. The van der Waals surface area contributed by atoms with Crippen molar-refractivity contribution in [2.24, 2.45) is 22.7 Å². The summed E-state index contributed by atoms with van der Waals surface area (Å²) in [5.74, 6) is 0.0882. The molecule has 0 aromatic heterocycles. The van der Waals surface area contributed by atoms with E-state index in [1.165, 1.54) is 5.57 Å². The first-order chi connectivity index (χ1) is 19.5. The molecule has 10 heteroatoms. The Labute approximate surface area is 250 Å². The molecule has 0 saturated heterocycles. The molecule has 0 aromatic rings. The lowest BCUT2D eigenvalue weighted by Gasteiger charge is -2.49. The third kappa shape index (κ3) is 7.78. The molecule has 3 aliphatic rings. The van der Waals surface area contributed by atoms with Crippen molar-refractivity contribution in [3.63, 3.8) is 0 Å². The molecular weight excluding hydrogens is 577 g/mol. The van der Waals surface area contributed by atoms with Gasteiger partial charge in [0.2, 0.25) is 0 Å². The van der Waals surface area contributed by atoms with E-state index >= 15 is 0 Å². The van der Waals surface area contributed by atoms with Gasteiger partial charge >= 0.3 is 12.4 Å². The van der Waals surface area contributed by atoms with Gasteiger partial charge in [-0.05, 0) is 112 Å². The summed E-state index contributed by atoms with van der Waals surface area (Å²) >= 11 is 0. The molecule has 0 heterocycles. The highest BCUT2D eigenvalue weighted by molar-refractivity contribution is 5.39. The van der Waals surface area contributed by atoms with Crippen LogP contribution in [0.1, 0.15) is 98.3 Å². The Morgan fingerprint density at radius 2 is 1.60 bits per heavy atom. The van der Waals surface area contributed by atoms with E-state index in [0.717, 1.165) is 38.2 Å². The number of alkyl halides is 7. The minimum atomic E-state index is -5.93. The zero-order valence-electron chi connectivity index (χ0n) is 25.6. The maximum atomic E-state index is 14.3. The van der Waals surface area contributed by atoms with Crippen LogP contribution in [0.15, 0.2) is 47.6 Å². The van der Waals surface area contributed by atoms with Gasteiger partial charge in [0.05, 0.1) is 11.7 Å². The van der Waals surface area contributed by atoms with Crippen LogP contribution < -0.4 is 0 Å². The van der Waals surface area contributed by atoms with Gasteiger partial charge in [0.25, 0.3) is 5.60 Å². The Hall–Kier alpha value is -1.65. The van der Waals surface area contributed by atoms with E-state index in [2.05, 4.69) is 13.5 Å². The standard InChI is InChI=1S/C33H47F7O3/c1-21-23(19-24(41)20-26(21)34)11-10-22-9-6-17-30(5)25(22)12-13-27(30)29(4,15-7-14-28(2,3)42)16-8-18-31(43,32(35,36)37)33(38,39)40/h8,10-11,18,24-27,41-43H,1,6-7,9,12-17,19-20H2,2-5H3/b18-8-,22-10+,23-11-/t24-,25?,26+,27?,29?,30+/m1/s1. The summed E-state index contributed by atoms with van der Waals surface area (Å²) in [6.45, 7) is 11.2. The second-order valence-corrected chi connectivity index (χ2v) is 14.3. The van der Waals surface area contributed by atoms with Crippen molar-refractivity contribution < 1.29 is 46.1 Å². The van der Waals surface area contributed by atoms with E-state index in [1.54, 1.807) is 13.8 Å². The molecule has 3 rings (SSSR count). The lowest BCUT2D eigenvalue weighted by atomic mass is 9.55. The molecule has 3 nitrogen and oxygen atoms in total. The summed E-state index contributed by atoms with van der Waals surface area (Å²) in [6.07, 6.45) is -3.71. The Morgan fingerprint density at radius 3 is 2.19 bits per heavy atom. The van der Waals surface area contributed by atoms with E-state index in [1.807, 2.05) is 19.1 Å². The molecule has 0 spiro atoms. The number of fused-ring (bicyclic) bond motifs is 1. The van der Waals surface area contributed by atoms with Crippen LogP contribution in [0.4, 0.5) is 30.7 Å². The molecule has 3 aliphatic carbocycles. The topological polar surface area (TPSA) is 60.7 Å². The van der Waals surface area contributed by atoms with E-state index in [4.69, 9.17) is 0 Å². The number of hydrogen-bond donors (Lipinski definition) is 3. The second kappa shape index (κ2) is 12.6. The van der Waals surface area contributed by atoms with E-state index in [-0.39, 0.29) is 36.2 Å². The summed E-state index contributed by atoms with van der Waals surface area (Å²) < 4.78 is 94.4. The van der Waals surface area contributed by atoms with E-state index in [0.29, 0.717) is 36.8 Å². The van der Waals surface area contributed by atoms with Gasteiger partial charge in [-0.15, -0.1) is 0 Å². The van der Waals surface area contributed by atoms with Crippen molar-refractivity contribution in [1.82, 2.24) is 0 Å². The van der Waals surface area contributed by atoms with Gasteiger partial charge in [-0.2, -0.15) is 26.3 Å². The van der Waals surface area contributed by atoms with Gasteiger partial charge in [0.15, 0.2) is 0 Å². The van der Waals surface area contributed by atoms with Crippen molar-refractivity contribution in [3.8, 4) is 0 Å². The van der Waals surface area contributed by atoms with Crippen LogP contribution in [0.25, 0.3) is 0 Å². The molecule has 3 N–H and O–H groups in total. The summed E-state index contributed by atoms with van der Waals surface area (Å²) in [4.78, 5) is 0. The normalized spacial score (nSPS) is 32.9. The highest BCUT2D eigenvalue weighted by atomic mass is 19.4. The number of aliphatic hydroxyl groups is 3. The predicted molar refractivity (Wildman–Crippen MR) is 153 cm³/mol. The van der Waals surface area contributed by atoms with Gasteiger partial charge in [-0.1, -0.05) is 50.6 Å². The first kappa shape index (κ1) is 35.8. The van der Waals surface area contributed by atoms with E-state index in [9.17, 15) is 46.1 Å². The Bertz CT molecular complexity index is 1080. The predicted octanol–water partition coefficient (Wildman–Crippen LogP) is 8.85. The number of halogens is 7. The highest BCUT2D eigenvalue weighted by Gasteiger charge is 2.69. The van der Waals surface area contributed by atoms with Crippen LogP contribution in [-0.4, -0.2) is 51.1 Å². The van der Waals surface area contributed by atoms with Crippen LogP contribution in [0.2, 0.25) is 0 Å². The summed E-state index contributed by atoms with van der Waals surface area (Å²) in [6, 6.07) is 0. The van der Waals surface area contributed by atoms with Crippen LogP contribution in [0.5, 0.6) is 0 Å². The van der Waals surface area contributed by atoms with Crippen molar-refractivity contribution in [1.29, 1.82) is 0 Å². The SMILES string of the molecule is C=C1/C(=C\C=C2/CCC[C@@]3(C)C2CCC3C(C)(C/C=C\C(O)(C(F)(F)F)C(F)(F)F)CCCC(C)(C)O)C[C@@H](O)C[C@@H]1F. The van der Waals surface area contributed by atoms with Crippen molar-refractivity contribution in [2.75, 3.05) is 0 Å². The first-order valence-electron chi connectivity index (χ1n) is 15.2. The third-order valence-corrected chi connectivity index (χ3v) is 10.4. The molecule has 0 aliphatic heterocycles. The van der Waals surface area contributed by atoms with Gasteiger partial charge in [0.1, 0.15) is 6.17 Å². The number of aliphatic hydroxyl groups excluding tert-OH is 1. The fourth-order valence-corrected chi connectivity index (χ4v) is 8.01.